The van der Waals surface area contributed by atoms with Crippen molar-refractivity contribution >= 4 is 33.2 Å². The van der Waals surface area contributed by atoms with Gasteiger partial charge in [-0.05, 0) is 105 Å². The number of fused-ring (bicyclic) bond motifs is 5. The van der Waals surface area contributed by atoms with Crippen molar-refractivity contribution in [1.82, 2.24) is 14.8 Å². The fourth-order valence-electron chi connectivity index (χ4n) is 9.49. The Balaban J connectivity index is 1.20. The second-order valence-electron chi connectivity index (χ2n) is 15.9. The lowest BCUT2D eigenvalue weighted by molar-refractivity contribution is -0.0932. The number of carbonyl (C=O) groups is 1. The minimum Gasteiger partial charge on any atom is -0.490 e. The molecule has 1 fully saturated rings. The van der Waals surface area contributed by atoms with E-state index in [-0.39, 0.29) is 17.3 Å². The highest BCUT2D eigenvalue weighted by molar-refractivity contribution is 7.90. The number of aryl methyl sites for hydroxylation is 1. The van der Waals surface area contributed by atoms with Gasteiger partial charge in [0.05, 0.1) is 23.2 Å². The Hall–Kier alpha value is -3.38. The second kappa shape index (κ2) is 13.8. The molecule has 3 aromatic rings. The van der Waals surface area contributed by atoms with E-state index in [9.17, 15) is 13.2 Å². The van der Waals surface area contributed by atoms with Gasteiger partial charge in [-0.1, -0.05) is 41.9 Å². The zero-order valence-electron chi connectivity index (χ0n) is 30.3. The van der Waals surface area contributed by atoms with Gasteiger partial charge >= 0.3 is 0 Å². The molecular formula is C40H49ClN4O6S. The molecule has 2 bridgehead atoms. The molecule has 1 spiro atoms. The predicted molar refractivity (Wildman–Crippen MR) is 200 cm³/mol. The first kappa shape index (κ1) is 35.6. The maximum Gasteiger partial charge on any atom is 0.264 e. The van der Waals surface area contributed by atoms with Crippen LogP contribution in [-0.4, -0.2) is 75.1 Å². The largest absolute Gasteiger partial charge is 0.490 e. The standard InChI is InChI=1S/C40H49ClN4O6S/c1-26-6-4-16-40(49-3,24-44-17-14-35-31(20-44)22-51-42-35)34-11-8-30(34)21-45-23-39(15-5-7-28-18-32(41)10-12-33(28)39)25-50-37-13-9-29(19-36(37)45)38(46)43-52(47,48)27(26)2/h4,9-10,12-13,16,18-19,22,26-27,30,34H,5-8,11,14-15,17,20-21,23-25H2,1-3H3,(H,43,46)/b16-4-/t26-,27+,30-,34+,39-,40+/m0/s1. The van der Waals surface area contributed by atoms with Gasteiger partial charge in [-0.2, -0.15) is 0 Å². The molecule has 10 nitrogen and oxygen atoms in total. The van der Waals surface area contributed by atoms with E-state index in [0.29, 0.717) is 43.3 Å². The summed E-state index contributed by atoms with van der Waals surface area (Å²) in [6, 6.07) is 11.6. The molecule has 3 aliphatic heterocycles. The van der Waals surface area contributed by atoms with Gasteiger partial charge in [0, 0.05) is 67.8 Å². The number of rotatable bonds is 3. The number of aromatic nitrogens is 1. The molecule has 2 aromatic carbocycles. The number of allylic oxidation sites excluding steroid dienone is 1. The minimum absolute atomic E-state index is 0.217. The maximum atomic E-state index is 13.6. The van der Waals surface area contributed by atoms with Gasteiger partial charge in [0.2, 0.25) is 10.0 Å². The van der Waals surface area contributed by atoms with Gasteiger partial charge in [-0.3, -0.25) is 9.69 Å². The van der Waals surface area contributed by atoms with Crippen molar-refractivity contribution in [3.05, 3.63) is 87.8 Å². The number of carbonyl (C=O) groups excluding carboxylic acids is 1. The fraction of sp³-hybridized carbons (Fsp3) is 0.550. The summed E-state index contributed by atoms with van der Waals surface area (Å²) < 4.78 is 48.2. The number of anilines is 1. The van der Waals surface area contributed by atoms with Crippen LogP contribution in [0.4, 0.5) is 5.69 Å². The Morgan fingerprint density at radius 1 is 1.12 bits per heavy atom. The number of amides is 1. The summed E-state index contributed by atoms with van der Waals surface area (Å²) in [5, 5.41) is 4.15. The maximum absolute atomic E-state index is 13.6. The van der Waals surface area contributed by atoms with Crippen molar-refractivity contribution in [2.45, 2.75) is 81.6 Å². The predicted octanol–water partition coefficient (Wildman–Crippen LogP) is 6.31. The topological polar surface area (TPSA) is 114 Å². The van der Waals surface area contributed by atoms with E-state index in [4.69, 9.17) is 25.6 Å². The number of benzene rings is 2. The number of halogens is 1. The molecule has 5 aliphatic rings. The first-order valence-corrected chi connectivity index (χ1v) is 20.7. The van der Waals surface area contributed by atoms with Gasteiger partial charge in [0.15, 0.2) is 0 Å². The normalized spacial score (nSPS) is 32.3. The van der Waals surface area contributed by atoms with Gasteiger partial charge in [0.1, 0.15) is 17.6 Å². The van der Waals surface area contributed by atoms with Crippen molar-refractivity contribution in [2.75, 3.05) is 44.8 Å². The number of nitrogens with zero attached hydrogens (tertiary/aromatic N) is 3. The molecule has 8 rings (SSSR count). The summed E-state index contributed by atoms with van der Waals surface area (Å²) in [7, 11) is -2.15. The third-order valence-electron chi connectivity index (χ3n) is 12.9. The van der Waals surface area contributed by atoms with Gasteiger partial charge in [-0.25, -0.2) is 13.1 Å². The molecule has 52 heavy (non-hydrogen) atoms. The molecule has 278 valence electrons. The third-order valence-corrected chi connectivity index (χ3v) is 15.0. The number of methoxy groups -OCH3 is 1. The van der Waals surface area contributed by atoms with E-state index in [1.165, 1.54) is 11.1 Å². The third kappa shape index (κ3) is 6.45. The number of ether oxygens (including phenoxy) is 2. The van der Waals surface area contributed by atoms with Gasteiger partial charge in [0.25, 0.3) is 5.91 Å². The van der Waals surface area contributed by atoms with Crippen LogP contribution >= 0.6 is 11.6 Å². The van der Waals surface area contributed by atoms with Crippen LogP contribution in [-0.2, 0) is 39.6 Å². The quantitative estimate of drug-likeness (QED) is 0.308. The van der Waals surface area contributed by atoms with Crippen molar-refractivity contribution in [2.24, 2.45) is 17.8 Å². The Kier molecular flexibility index (Phi) is 9.45. The van der Waals surface area contributed by atoms with Crippen molar-refractivity contribution in [3.8, 4) is 5.75 Å². The summed E-state index contributed by atoms with van der Waals surface area (Å²) in [6.45, 7) is 7.84. The van der Waals surface area contributed by atoms with Crippen molar-refractivity contribution in [1.29, 1.82) is 0 Å². The van der Waals surface area contributed by atoms with Gasteiger partial charge < -0.3 is 18.9 Å². The van der Waals surface area contributed by atoms with Crippen LogP contribution in [0.25, 0.3) is 0 Å². The SMILES string of the molecule is CO[C@@]1(CN2CCc3nocc3C2)/C=C\C[C@H](C)[C@@H](C)S(=O)(=O)NC(=O)c2ccc3c(c2)N(C[C@@H]2CC[C@H]21)C[C@@]1(CCCc2cc(Cl)ccc21)CO3. The molecule has 1 saturated carbocycles. The number of nitrogens with one attached hydrogen (secondary N) is 1. The first-order chi connectivity index (χ1) is 25.0. The lowest BCUT2D eigenvalue weighted by Crippen LogP contribution is -2.57. The smallest absolute Gasteiger partial charge is 0.264 e. The van der Waals surface area contributed by atoms with Crippen LogP contribution in [0.5, 0.6) is 5.75 Å². The summed E-state index contributed by atoms with van der Waals surface area (Å²) in [5.74, 6) is 0.357. The Labute approximate surface area is 311 Å². The molecule has 0 radical (unpaired) electrons. The van der Waals surface area contributed by atoms with E-state index >= 15 is 0 Å². The fourth-order valence-corrected chi connectivity index (χ4v) is 11.0. The molecular weight excluding hydrogens is 700 g/mol. The lowest BCUT2D eigenvalue weighted by Gasteiger charge is -2.52. The highest BCUT2D eigenvalue weighted by Crippen LogP contribution is 2.49. The summed E-state index contributed by atoms with van der Waals surface area (Å²) in [6.07, 6.45) is 12.5. The van der Waals surface area contributed by atoms with E-state index in [1.54, 1.807) is 19.3 Å². The average Bonchev–Trinajstić information content (AvgIpc) is 3.53. The first-order valence-electron chi connectivity index (χ1n) is 18.7. The Morgan fingerprint density at radius 2 is 1.98 bits per heavy atom. The number of sulfonamides is 1. The zero-order chi connectivity index (χ0) is 36.3. The van der Waals surface area contributed by atoms with E-state index in [2.05, 4.69) is 44.0 Å². The lowest BCUT2D eigenvalue weighted by atomic mass is 9.63. The molecule has 1 aromatic heterocycles. The summed E-state index contributed by atoms with van der Waals surface area (Å²) in [4.78, 5) is 18.5. The van der Waals surface area contributed by atoms with Crippen LogP contribution < -0.4 is 14.4 Å². The Morgan fingerprint density at radius 3 is 2.79 bits per heavy atom. The molecule has 1 amide bonds. The van der Waals surface area contributed by atoms with Crippen LogP contribution in [0.2, 0.25) is 5.02 Å². The zero-order valence-corrected chi connectivity index (χ0v) is 31.8. The second-order valence-corrected chi connectivity index (χ2v) is 18.4. The summed E-state index contributed by atoms with van der Waals surface area (Å²) in [5.41, 5.74) is 4.91. The van der Waals surface area contributed by atoms with Gasteiger partial charge in [-0.15, -0.1) is 0 Å². The van der Waals surface area contributed by atoms with Crippen molar-refractivity contribution in [3.63, 3.8) is 0 Å². The number of hydrogen-bond acceptors (Lipinski definition) is 9. The van der Waals surface area contributed by atoms with E-state index in [1.807, 2.05) is 32.2 Å². The molecule has 6 atom stereocenters. The average molecular weight is 749 g/mol. The van der Waals surface area contributed by atoms with Crippen LogP contribution in [0.15, 0.2) is 59.3 Å². The van der Waals surface area contributed by atoms with E-state index < -0.39 is 26.8 Å². The highest BCUT2D eigenvalue weighted by Gasteiger charge is 2.50. The molecule has 0 unspecified atom stereocenters. The van der Waals surface area contributed by atoms with Crippen LogP contribution in [0.3, 0.4) is 0 Å². The monoisotopic (exact) mass is 748 g/mol. The number of hydrogen-bond donors (Lipinski definition) is 1. The molecule has 4 heterocycles. The van der Waals surface area contributed by atoms with Crippen LogP contribution in [0, 0.1) is 17.8 Å². The van der Waals surface area contributed by atoms with Crippen molar-refractivity contribution < 1.29 is 27.2 Å². The van der Waals surface area contributed by atoms with E-state index in [0.717, 1.165) is 80.1 Å². The molecule has 1 N–H and O–H groups in total. The highest BCUT2D eigenvalue weighted by atomic mass is 35.5. The molecule has 0 saturated heterocycles. The minimum atomic E-state index is -3.97. The van der Waals surface area contributed by atoms with Crippen LogP contribution in [0.1, 0.15) is 78.7 Å². The Bertz CT molecular complexity index is 1980. The molecule has 2 aliphatic carbocycles. The summed E-state index contributed by atoms with van der Waals surface area (Å²) >= 11 is 6.49. The molecule has 12 heteroatoms.